The van der Waals surface area contributed by atoms with E-state index in [2.05, 4.69) is 20.5 Å². The van der Waals surface area contributed by atoms with E-state index in [0.29, 0.717) is 5.95 Å². The Hall–Kier alpha value is -1.24. The van der Waals surface area contributed by atoms with E-state index in [1.807, 2.05) is 13.8 Å². The molecule has 7 heteroatoms. The van der Waals surface area contributed by atoms with Crippen LogP contribution in [0.1, 0.15) is 13.8 Å². The average Bonchev–Trinajstić information content (AvgIpc) is 2.59. The van der Waals surface area contributed by atoms with Crippen LogP contribution in [0.15, 0.2) is 0 Å². The number of hydrogen-bond acceptors (Lipinski definition) is 6. The fourth-order valence-electron chi connectivity index (χ4n) is 1.10. The first kappa shape index (κ1) is 11.8. The van der Waals surface area contributed by atoms with Gasteiger partial charge in [-0.05, 0) is 12.2 Å². The van der Waals surface area contributed by atoms with Crippen molar-refractivity contribution in [2.75, 3.05) is 17.3 Å². The number of carbonyl (C=O) groups excluding carboxylic acids is 1. The zero-order chi connectivity index (χ0) is 11.4. The fraction of sp³-hybridized carbons (Fsp3) is 0.625. The second-order valence-electron chi connectivity index (χ2n) is 3.43. The molecule has 6 nitrogen and oxygen atoms in total. The van der Waals surface area contributed by atoms with Crippen molar-refractivity contribution in [3.63, 3.8) is 0 Å². The number of anilines is 2. The molecule has 1 aromatic heterocycles. The maximum atomic E-state index is 11.6. The van der Waals surface area contributed by atoms with Gasteiger partial charge in [-0.15, -0.1) is 5.10 Å². The van der Waals surface area contributed by atoms with E-state index in [0.717, 1.165) is 0 Å². The van der Waals surface area contributed by atoms with E-state index in [1.54, 1.807) is 6.26 Å². The quantitative estimate of drug-likeness (QED) is 0.703. The number of nitrogens with one attached hydrogen (secondary N) is 2. The van der Waals surface area contributed by atoms with Crippen LogP contribution < -0.4 is 11.1 Å². The Morgan fingerprint density at radius 1 is 1.60 bits per heavy atom. The Bertz CT molecular complexity index is 338. The van der Waals surface area contributed by atoms with Gasteiger partial charge in [-0.1, -0.05) is 25.6 Å². The van der Waals surface area contributed by atoms with E-state index >= 15 is 0 Å². The molecular formula is C8H15N5OS. The van der Waals surface area contributed by atoms with Crippen LogP contribution in [-0.4, -0.2) is 32.6 Å². The first-order chi connectivity index (χ1) is 7.04. The zero-order valence-corrected chi connectivity index (χ0v) is 9.76. The molecule has 0 fully saturated rings. The molecular weight excluding hydrogens is 214 g/mol. The molecule has 1 heterocycles. The number of aromatic amines is 1. The number of carbonyl (C=O) groups is 1. The highest BCUT2D eigenvalue weighted by atomic mass is 32.2. The van der Waals surface area contributed by atoms with E-state index in [4.69, 9.17) is 5.73 Å². The Morgan fingerprint density at radius 3 is 2.67 bits per heavy atom. The van der Waals surface area contributed by atoms with Crippen molar-refractivity contribution in [1.29, 1.82) is 0 Å². The Labute approximate surface area is 92.4 Å². The molecule has 84 valence electrons. The zero-order valence-electron chi connectivity index (χ0n) is 8.94. The van der Waals surface area contributed by atoms with E-state index < -0.39 is 0 Å². The number of hydrogen-bond donors (Lipinski definition) is 3. The van der Waals surface area contributed by atoms with Crippen molar-refractivity contribution in [1.82, 2.24) is 15.2 Å². The van der Waals surface area contributed by atoms with Crippen LogP contribution in [0.5, 0.6) is 0 Å². The SMILES string of the molecule is CSC(=O)[C@@H](Nc1n[nH]c(N)n1)C(C)C. The number of nitrogens with two attached hydrogens (primary N) is 1. The summed E-state index contributed by atoms with van der Waals surface area (Å²) in [6.45, 7) is 3.92. The largest absolute Gasteiger partial charge is 0.368 e. The molecule has 1 atom stereocenters. The van der Waals surface area contributed by atoms with Gasteiger partial charge in [0.05, 0.1) is 0 Å². The van der Waals surface area contributed by atoms with Gasteiger partial charge < -0.3 is 11.1 Å². The molecule has 1 aromatic rings. The van der Waals surface area contributed by atoms with Crippen LogP contribution in [0.4, 0.5) is 11.9 Å². The Morgan fingerprint density at radius 2 is 2.27 bits per heavy atom. The van der Waals surface area contributed by atoms with Gasteiger partial charge in [-0.25, -0.2) is 5.10 Å². The fourth-order valence-corrected chi connectivity index (χ4v) is 1.69. The van der Waals surface area contributed by atoms with E-state index in [-0.39, 0.29) is 23.0 Å². The maximum absolute atomic E-state index is 11.6. The summed E-state index contributed by atoms with van der Waals surface area (Å²) in [7, 11) is 0. The number of nitrogen functional groups attached to an aromatic ring is 1. The average molecular weight is 229 g/mol. The van der Waals surface area contributed by atoms with Gasteiger partial charge >= 0.3 is 0 Å². The highest BCUT2D eigenvalue weighted by Gasteiger charge is 2.22. The van der Waals surface area contributed by atoms with Crippen LogP contribution in [0.3, 0.4) is 0 Å². The molecule has 4 N–H and O–H groups in total. The smallest absolute Gasteiger partial charge is 0.244 e. The van der Waals surface area contributed by atoms with Crippen molar-refractivity contribution in [3.8, 4) is 0 Å². The third-order valence-corrected chi connectivity index (χ3v) is 2.57. The third-order valence-electron chi connectivity index (χ3n) is 1.91. The lowest BCUT2D eigenvalue weighted by molar-refractivity contribution is -0.112. The molecule has 0 bridgehead atoms. The van der Waals surface area contributed by atoms with Crippen LogP contribution in [0.25, 0.3) is 0 Å². The Balaban J connectivity index is 2.71. The highest BCUT2D eigenvalue weighted by Crippen LogP contribution is 2.14. The summed E-state index contributed by atoms with van der Waals surface area (Å²) in [5.74, 6) is 0.759. The lowest BCUT2D eigenvalue weighted by Crippen LogP contribution is -2.33. The molecule has 0 aliphatic carbocycles. The lowest BCUT2D eigenvalue weighted by Gasteiger charge is -2.18. The summed E-state index contributed by atoms with van der Waals surface area (Å²) in [4.78, 5) is 15.5. The van der Waals surface area contributed by atoms with Crippen molar-refractivity contribution in [3.05, 3.63) is 0 Å². The van der Waals surface area contributed by atoms with Gasteiger partial charge in [0.15, 0.2) is 0 Å². The number of nitrogens with zero attached hydrogens (tertiary/aromatic N) is 2. The number of aromatic nitrogens is 3. The lowest BCUT2D eigenvalue weighted by atomic mass is 10.1. The van der Waals surface area contributed by atoms with Gasteiger partial charge in [0, 0.05) is 0 Å². The molecule has 0 radical (unpaired) electrons. The summed E-state index contributed by atoms with van der Waals surface area (Å²) < 4.78 is 0. The molecule has 0 aliphatic rings. The highest BCUT2D eigenvalue weighted by molar-refractivity contribution is 8.13. The molecule has 0 spiro atoms. The summed E-state index contributed by atoms with van der Waals surface area (Å²) in [6.07, 6.45) is 1.76. The second kappa shape index (κ2) is 5.01. The van der Waals surface area contributed by atoms with Crippen LogP contribution in [-0.2, 0) is 4.79 Å². The van der Waals surface area contributed by atoms with Crippen LogP contribution >= 0.6 is 11.8 Å². The monoisotopic (exact) mass is 229 g/mol. The number of H-pyrrole nitrogens is 1. The van der Waals surface area contributed by atoms with Crippen molar-refractivity contribution >= 4 is 28.8 Å². The van der Waals surface area contributed by atoms with Crippen molar-refractivity contribution in [2.45, 2.75) is 19.9 Å². The summed E-state index contributed by atoms with van der Waals surface area (Å²) in [5, 5.41) is 9.34. The molecule has 15 heavy (non-hydrogen) atoms. The predicted octanol–water partition coefficient (Wildman–Crippen LogP) is 0.713. The number of thioether (sulfide) groups is 1. The normalized spacial score (nSPS) is 12.8. The first-order valence-corrected chi connectivity index (χ1v) is 5.79. The van der Waals surface area contributed by atoms with E-state index in [1.165, 1.54) is 11.8 Å². The molecule has 0 saturated carbocycles. The molecule has 0 unspecified atom stereocenters. The minimum atomic E-state index is -0.296. The molecule has 0 saturated heterocycles. The van der Waals surface area contributed by atoms with Crippen molar-refractivity contribution < 1.29 is 4.79 Å². The minimum absolute atomic E-state index is 0.0633. The van der Waals surface area contributed by atoms with E-state index in [9.17, 15) is 4.79 Å². The summed E-state index contributed by atoms with van der Waals surface area (Å²) >= 11 is 1.19. The second-order valence-corrected chi connectivity index (χ2v) is 4.24. The van der Waals surface area contributed by atoms with Crippen LogP contribution in [0, 0.1) is 5.92 Å². The number of rotatable bonds is 4. The molecule has 0 aliphatic heterocycles. The van der Waals surface area contributed by atoms with Crippen LogP contribution in [0.2, 0.25) is 0 Å². The van der Waals surface area contributed by atoms with Gasteiger partial charge in [-0.3, -0.25) is 4.79 Å². The first-order valence-electron chi connectivity index (χ1n) is 4.56. The van der Waals surface area contributed by atoms with Gasteiger partial charge in [0.25, 0.3) is 0 Å². The Kier molecular flexibility index (Phi) is 3.96. The maximum Gasteiger partial charge on any atom is 0.244 e. The molecule has 0 aromatic carbocycles. The third kappa shape index (κ3) is 3.12. The molecule has 0 amide bonds. The van der Waals surface area contributed by atoms with Crippen molar-refractivity contribution in [2.24, 2.45) is 5.92 Å². The predicted molar refractivity (Wildman–Crippen MR) is 61.6 cm³/mol. The summed E-state index contributed by atoms with van der Waals surface area (Å²) in [5.41, 5.74) is 5.38. The van der Waals surface area contributed by atoms with Gasteiger partial charge in [0.1, 0.15) is 6.04 Å². The minimum Gasteiger partial charge on any atom is -0.368 e. The topological polar surface area (TPSA) is 96.7 Å². The molecule has 1 rings (SSSR count). The van der Waals surface area contributed by atoms with Gasteiger partial charge in [-0.2, -0.15) is 4.98 Å². The standard InChI is InChI=1S/C8H15N5OS/c1-4(2)5(6(14)15-3)10-8-11-7(9)12-13-8/h4-5H,1-3H3,(H4,9,10,11,12,13)/t5-/m0/s1. The summed E-state index contributed by atoms with van der Waals surface area (Å²) in [6, 6.07) is -0.296. The van der Waals surface area contributed by atoms with Gasteiger partial charge in [0.2, 0.25) is 17.0 Å².